The number of oxazole rings is 1. The van der Waals surface area contributed by atoms with Crippen molar-refractivity contribution in [2.24, 2.45) is 5.92 Å². The maximum Gasteiger partial charge on any atom is 0.325 e. The quantitative estimate of drug-likeness (QED) is 0.720. The van der Waals surface area contributed by atoms with Crippen LogP contribution < -0.4 is 10.6 Å². The van der Waals surface area contributed by atoms with Crippen LogP contribution in [0.15, 0.2) is 22.6 Å². The zero-order valence-electron chi connectivity index (χ0n) is 18.6. The predicted molar refractivity (Wildman–Crippen MR) is 117 cm³/mol. The minimum atomic E-state index is -0.841. The SMILES string of the molecule is CCC1CCC2(CC1)NC(=O)N(CC(=O)Nc1ccc3oc(C(C)(C)C)nc3c1)C2=O. The number of hydrogen-bond donors (Lipinski definition) is 2. The van der Waals surface area contributed by atoms with Crippen LogP contribution in [0.3, 0.4) is 0 Å². The van der Waals surface area contributed by atoms with Gasteiger partial charge in [-0.15, -0.1) is 0 Å². The van der Waals surface area contributed by atoms with E-state index in [0.717, 1.165) is 24.2 Å². The van der Waals surface area contributed by atoms with Crippen LogP contribution >= 0.6 is 0 Å². The fraction of sp³-hybridized carbons (Fsp3) is 0.565. The molecule has 0 bridgehead atoms. The molecule has 4 amide bonds. The second-order valence-electron chi connectivity index (χ2n) is 9.75. The average Bonchev–Trinajstić information content (AvgIpc) is 3.24. The molecule has 0 radical (unpaired) electrons. The lowest BCUT2D eigenvalue weighted by molar-refractivity contribution is -0.135. The second-order valence-corrected chi connectivity index (χ2v) is 9.75. The molecule has 0 atom stereocenters. The Balaban J connectivity index is 1.43. The molecule has 8 heteroatoms. The number of fused-ring (bicyclic) bond motifs is 1. The summed E-state index contributed by atoms with van der Waals surface area (Å²) < 4.78 is 5.78. The van der Waals surface area contributed by atoms with E-state index in [1.807, 2.05) is 20.8 Å². The highest BCUT2D eigenvalue weighted by molar-refractivity contribution is 6.10. The minimum Gasteiger partial charge on any atom is -0.440 e. The molecule has 2 N–H and O–H groups in total. The Bertz CT molecular complexity index is 1030. The largest absolute Gasteiger partial charge is 0.440 e. The number of carbonyl (C=O) groups excluding carboxylic acids is 3. The first-order valence-electron chi connectivity index (χ1n) is 11.0. The van der Waals surface area contributed by atoms with Crippen molar-refractivity contribution in [2.45, 2.75) is 70.8 Å². The van der Waals surface area contributed by atoms with Gasteiger partial charge in [0, 0.05) is 11.1 Å². The van der Waals surface area contributed by atoms with E-state index in [1.54, 1.807) is 18.2 Å². The molecule has 0 unspecified atom stereocenters. The molecular weight excluding hydrogens is 396 g/mol. The van der Waals surface area contributed by atoms with Crippen molar-refractivity contribution in [1.82, 2.24) is 15.2 Å². The summed E-state index contributed by atoms with van der Waals surface area (Å²) in [7, 11) is 0. The summed E-state index contributed by atoms with van der Waals surface area (Å²) >= 11 is 0. The highest BCUT2D eigenvalue weighted by Crippen LogP contribution is 2.37. The summed E-state index contributed by atoms with van der Waals surface area (Å²) in [6, 6.07) is 4.71. The van der Waals surface area contributed by atoms with Gasteiger partial charge in [-0.3, -0.25) is 14.5 Å². The van der Waals surface area contributed by atoms with Gasteiger partial charge in [0.2, 0.25) is 11.8 Å². The molecule has 2 heterocycles. The van der Waals surface area contributed by atoms with Gasteiger partial charge in [0.1, 0.15) is 17.6 Å². The third kappa shape index (κ3) is 4.03. The fourth-order valence-electron chi connectivity index (χ4n) is 4.41. The number of benzene rings is 1. The lowest BCUT2D eigenvalue weighted by Gasteiger charge is -2.34. The topological polar surface area (TPSA) is 105 Å². The molecule has 1 aromatic carbocycles. The standard InChI is InChI=1S/C23H30N4O4/c1-5-14-8-10-23(11-9-14)20(29)27(21(30)26-23)13-18(28)24-15-6-7-17-16(12-15)25-19(31-17)22(2,3)4/h6-7,12,14H,5,8-11,13H2,1-4H3,(H,24,28)(H,26,30). The van der Waals surface area contributed by atoms with E-state index in [2.05, 4.69) is 22.5 Å². The van der Waals surface area contributed by atoms with Crippen LogP contribution in [0.25, 0.3) is 11.1 Å². The number of rotatable bonds is 4. The van der Waals surface area contributed by atoms with Crippen LogP contribution in [-0.4, -0.2) is 39.8 Å². The number of urea groups is 1. The summed E-state index contributed by atoms with van der Waals surface area (Å²) in [6.45, 7) is 7.88. The van der Waals surface area contributed by atoms with E-state index < -0.39 is 17.5 Å². The fourth-order valence-corrected chi connectivity index (χ4v) is 4.41. The van der Waals surface area contributed by atoms with Gasteiger partial charge >= 0.3 is 6.03 Å². The average molecular weight is 427 g/mol. The van der Waals surface area contributed by atoms with Gasteiger partial charge in [-0.2, -0.15) is 0 Å². The Hall–Kier alpha value is -2.90. The highest BCUT2D eigenvalue weighted by Gasteiger charge is 2.52. The first-order valence-corrected chi connectivity index (χ1v) is 11.0. The first-order chi connectivity index (χ1) is 14.6. The Labute approximate surface area is 181 Å². The van der Waals surface area contributed by atoms with Gasteiger partial charge < -0.3 is 15.1 Å². The molecule has 4 rings (SSSR count). The zero-order chi connectivity index (χ0) is 22.4. The van der Waals surface area contributed by atoms with Gasteiger partial charge in [0.25, 0.3) is 5.91 Å². The Morgan fingerprint density at radius 2 is 2.00 bits per heavy atom. The zero-order valence-corrected chi connectivity index (χ0v) is 18.6. The molecule has 1 aliphatic heterocycles. The summed E-state index contributed by atoms with van der Waals surface area (Å²) in [6.07, 6.45) is 4.17. The van der Waals surface area contributed by atoms with Gasteiger partial charge in [-0.05, 0) is 49.8 Å². The Morgan fingerprint density at radius 3 is 2.65 bits per heavy atom. The van der Waals surface area contributed by atoms with Crippen molar-refractivity contribution in [2.75, 3.05) is 11.9 Å². The van der Waals surface area contributed by atoms with E-state index in [0.29, 0.717) is 41.4 Å². The van der Waals surface area contributed by atoms with Crippen LogP contribution in [0.2, 0.25) is 0 Å². The Morgan fingerprint density at radius 1 is 1.29 bits per heavy atom. The molecule has 1 aromatic heterocycles. The minimum absolute atomic E-state index is 0.224. The van der Waals surface area contributed by atoms with Crippen molar-refractivity contribution in [1.29, 1.82) is 0 Å². The molecule has 1 aliphatic carbocycles. The summed E-state index contributed by atoms with van der Waals surface area (Å²) in [5.74, 6) is 0.497. The monoisotopic (exact) mass is 426 g/mol. The smallest absolute Gasteiger partial charge is 0.325 e. The van der Waals surface area contributed by atoms with E-state index in [9.17, 15) is 14.4 Å². The van der Waals surface area contributed by atoms with Gasteiger partial charge in [0.15, 0.2) is 5.58 Å². The van der Waals surface area contributed by atoms with Crippen LogP contribution in [-0.2, 0) is 15.0 Å². The maximum absolute atomic E-state index is 13.0. The number of hydrogen-bond acceptors (Lipinski definition) is 5. The predicted octanol–water partition coefficient (Wildman–Crippen LogP) is 3.95. The van der Waals surface area contributed by atoms with Gasteiger partial charge in [-0.25, -0.2) is 9.78 Å². The van der Waals surface area contributed by atoms with Crippen LogP contribution in [0.1, 0.15) is 65.7 Å². The normalized spacial score (nSPS) is 24.1. The third-order valence-electron chi connectivity index (χ3n) is 6.40. The lowest BCUT2D eigenvalue weighted by atomic mass is 9.75. The van der Waals surface area contributed by atoms with Crippen molar-refractivity contribution in [3.05, 3.63) is 24.1 Å². The number of anilines is 1. The van der Waals surface area contributed by atoms with E-state index in [1.165, 1.54) is 0 Å². The number of aromatic nitrogens is 1. The van der Waals surface area contributed by atoms with E-state index in [4.69, 9.17) is 4.42 Å². The van der Waals surface area contributed by atoms with Crippen LogP contribution in [0.5, 0.6) is 0 Å². The van der Waals surface area contributed by atoms with Crippen molar-refractivity contribution < 1.29 is 18.8 Å². The molecule has 8 nitrogen and oxygen atoms in total. The van der Waals surface area contributed by atoms with Crippen molar-refractivity contribution in [3.8, 4) is 0 Å². The molecule has 2 fully saturated rings. The number of amides is 4. The molecule has 1 saturated carbocycles. The van der Waals surface area contributed by atoms with E-state index in [-0.39, 0.29) is 17.9 Å². The molecule has 2 aliphatic rings. The maximum atomic E-state index is 13.0. The molecule has 166 valence electrons. The number of carbonyl (C=O) groups is 3. The summed E-state index contributed by atoms with van der Waals surface area (Å²) in [5.41, 5.74) is 0.756. The highest BCUT2D eigenvalue weighted by atomic mass is 16.3. The third-order valence-corrected chi connectivity index (χ3v) is 6.40. The van der Waals surface area contributed by atoms with Gasteiger partial charge in [0.05, 0.1) is 0 Å². The molecule has 2 aromatic rings. The number of nitrogens with zero attached hydrogens (tertiary/aromatic N) is 2. The van der Waals surface area contributed by atoms with Gasteiger partial charge in [-0.1, -0.05) is 34.1 Å². The number of imide groups is 1. The van der Waals surface area contributed by atoms with Crippen molar-refractivity contribution in [3.63, 3.8) is 0 Å². The summed E-state index contributed by atoms with van der Waals surface area (Å²) in [4.78, 5) is 43.6. The van der Waals surface area contributed by atoms with E-state index >= 15 is 0 Å². The second kappa shape index (κ2) is 7.66. The number of nitrogens with one attached hydrogen (secondary N) is 2. The molecular formula is C23H30N4O4. The first kappa shape index (κ1) is 21.3. The van der Waals surface area contributed by atoms with Crippen LogP contribution in [0.4, 0.5) is 10.5 Å². The Kier molecular flexibility index (Phi) is 5.27. The molecule has 1 spiro atoms. The lowest BCUT2D eigenvalue weighted by Crippen LogP contribution is -2.49. The molecule has 31 heavy (non-hydrogen) atoms. The van der Waals surface area contributed by atoms with Crippen LogP contribution in [0, 0.1) is 5.92 Å². The summed E-state index contributed by atoms with van der Waals surface area (Å²) in [5, 5.41) is 5.62. The molecule has 1 saturated heterocycles. The van der Waals surface area contributed by atoms with Crippen molar-refractivity contribution >= 4 is 34.6 Å².